The van der Waals surface area contributed by atoms with Crippen molar-refractivity contribution >= 4 is 5.91 Å². The Morgan fingerprint density at radius 3 is 2.22 bits per heavy atom. The molecule has 3 radical (unpaired) electrons. The molecular formula is C12H17N2OY3-. The molecule has 0 aliphatic carbocycles. The fourth-order valence-electron chi connectivity index (χ4n) is 1.38. The van der Waals surface area contributed by atoms with Crippen molar-refractivity contribution in [3.8, 4) is 0 Å². The summed E-state index contributed by atoms with van der Waals surface area (Å²) < 4.78 is 0. The zero-order chi connectivity index (χ0) is 11.4. The van der Waals surface area contributed by atoms with Crippen molar-refractivity contribution in [2.75, 3.05) is 6.54 Å². The van der Waals surface area contributed by atoms with Crippen molar-refractivity contribution in [3.63, 3.8) is 0 Å². The monoisotopic (exact) mass is 472 g/mol. The largest absolute Gasteiger partial charge is 0.374 e. The smallest absolute Gasteiger partial charge is 0.213 e. The van der Waals surface area contributed by atoms with Gasteiger partial charge in [0.25, 0.3) is 0 Å². The van der Waals surface area contributed by atoms with E-state index >= 15 is 0 Å². The first-order valence-corrected chi connectivity index (χ1v) is 5.27. The Balaban J connectivity index is -0.000000750. The van der Waals surface area contributed by atoms with E-state index in [1.54, 1.807) is 0 Å². The second-order valence-electron chi connectivity index (χ2n) is 3.49. The van der Waals surface area contributed by atoms with Crippen molar-refractivity contribution in [1.82, 2.24) is 10.3 Å². The summed E-state index contributed by atoms with van der Waals surface area (Å²) in [5.41, 5.74) is 3.29. The molecule has 18 heavy (non-hydrogen) atoms. The van der Waals surface area contributed by atoms with Gasteiger partial charge in [-0.1, -0.05) is 32.9 Å². The Morgan fingerprint density at radius 1 is 1.22 bits per heavy atom. The Hall–Kier alpha value is 1.93. The Kier molecular flexibility index (Phi) is 17.5. The Labute approximate surface area is 185 Å². The first-order chi connectivity index (χ1) is 7.10. The average molecular weight is 472 g/mol. The van der Waals surface area contributed by atoms with Crippen LogP contribution < -0.4 is 5.32 Å². The molecule has 6 heteroatoms. The molecular weight excluding hydrogens is 455 g/mol. The van der Waals surface area contributed by atoms with Crippen LogP contribution in [0.4, 0.5) is 0 Å². The van der Waals surface area contributed by atoms with E-state index in [4.69, 9.17) is 0 Å². The van der Waals surface area contributed by atoms with Gasteiger partial charge in [0.2, 0.25) is 5.91 Å². The van der Waals surface area contributed by atoms with Gasteiger partial charge in [0, 0.05) is 110 Å². The van der Waals surface area contributed by atoms with Crippen LogP contribution in [0.3, 0.4) is 0 Å². The molecule has 1 amide bonds. The molecule has 0 atom stereocenters. The van der Waals surface area contributed by atoms with Gasteiger partial charge in [-0.15, -0.1) is 11.1 Å². The molecule has 0 aliphatic rings. The van der Waals surface area contributed by atoms with E-state index in [0.717, 1.165) is 23.2 Å². The van der Waals surface area contributed by atoms with Crippen LogP contribution in [0.5, 0.6) is 0 Å². The van der Waals surface area contributed by atoms with Crippen LogP contribution in [0.25, 0.3) is 0 Å². The van der Waals surface area contributed by atoms with Crippen LogP contribution in [-0.4, -0.2) is 17.4 Å². The quantitative estimate of drug-likeness (QED) is 0.683. The standard InChI is InChI=1S/C12H17N2O.3Y/c1-5-10-7-8(3)9(4)14-11(10)12(15)13-6-2;;;/h5-6H2,1-4H3,(H,13,15);;;/q-1;;;. The first-order valence-electron chi connectivity index (χ1n) is 5.27. The number of carbonyl (C=O) groups excluding carboxylic acids is 1. The predicted molar refractivity (Wildman–Crippen MR) is 59.9 cm³/mol. The molecule has 0 aromatic carbocycles. The van der Waals surface area contributed by atoms with Crippen molar-refractivity contribution < 1.29 is 103 Å². The SMILES string of the molecule is CCNC(=O)c1nc(C)c(C)[c-]c1CC.[Y].[Y].[Y]. The van der Waals surface area contributed by atoms with Gasteiger partial charge in [-0.05, 0) is 6.92 Å². The number of pyridine rings is 1. The summed E-state index contributed by atoms with van der Waals surface area (Å²) in [6.07, 6.45) is 0.778. The van der Waals surface area contributed by atoms with Crippen LogP contribution in [0, 0.1) is 19.9 Å². The summed E-state index contributed by atoms with van der Waals surface area (Å²) in [6.45, 7) is 8.38. The number of aryl methyl sites for hydroxylation is 3. The third-order valence-electron chi connectivity index (χ3n) is 2.35. The van der Waals surface area contributed by atoms with Gasteiger partial charge >= 0.3 is 0 Å². The zero-order valence-corrected chi connectivity index (χ0v) is 20.0. The molecule has 1 N–H and O–H groups in total. The summed E-state index contributed by atoms with van der Waals surface area (Å²) in [5.74, 6) is -0.103. The average Bonchev–Trinajstić information content (AvgIpc) is 2.21. The van der Waals surface area contributed by atoms with Crippen LogP contribution in [0.1, 0.15) is 41.2 Å². The first kappa shape index (κ1) is 24.9. The second-order valence-corrected chi connectivity index (χ2v) is 3.49. The normalized spacial score (nSPS) is 8.44. The summed E-state index contributed by atoms with van der Waals surface area (Å²) in [4.78, 5) is 16.0. The number of rotatable bonds is 3. The fourth-order valence-corrected chi connectivity index (χ4v) is 1.38. The number of nitrogens with zero attached hydrogens (tertiary/aromatic N) is 1. The molecule has 91 valence electrons. The molecule has 0 saturated carbocycles. The van der Waals surface area contributed by atoms with Gasteiger partial charge in [-0.2, -0.15) is 6.07 Å². The van der Waals surface area contributed by atoms with Gasteiger partial charge in [0.1, 0.15) is 0 Å². The predicted octanol–water partition coefficient (Wildman–Crippen LogP) is 1.80. The molecule has 1 heterocycles. The molecule has 0 aliphatic heterocycles. The minimum absolute atomic E-state index is 0. The van der Waals surface area contributed by atoms with Gasteiger partial charge in [0.05, 0.1) is 0 Å². The zero-order valence-electron chi connectivity index (χ0n) is 11.5. The van der Waals surface area contributed by atoms with E-state index in [2.05, 4.69) is 16.4 Å². The van der Waals surface area contributed by atoms with Gasteiger partial charge in [0.15, 0.2) is 0 Å². The van der Waals surface area contributed by atoms with Crippen molar-refractivity contribution in [1.29, 1.82) is 0 Å². The number of hydrogen-bond acceptors (Lipinski definition) is 2. The summed E-state index contributed by atoms with van der Waals surface area (Å²) in [5, 5.41) is 2.76. The topological polar surface area (TPSA) is 42.0 Å². The maximum absolute atomic E-state index is 11.7. The van der Waals surface area contributed by atoms with E-state index in [0.29, 0.717) is 12.2 Å². The third-order valence-corrected chi connectivity index (χ3v) is 2.35. The maximum Gasteiger partial charge on any atom is 0.213 e. The van der Waals surface area contributed by atoms with E-state index in [1.165, 1.54) is 0 Å². The number of carbonyl (C=O) groups is 1. The van der Waals surface area contributed by atoms with Crippen molar-refractivity contribution in [3.05, 3.63) is 28.6 Å². The van der Waals surface area contributed by atoms with E-state index in [9.17, 15) is 4.79 Å². The minimum atomic E-state index is -0.103. The van der Waals surface area contributed by atoms with Crippen LogP contribution in [-0.2, 0) is 105 Å². The molecule has 0 bridgehead atoms. The van der Waals surface area contributed by atoms with E-state index < -0.39 is 0 Å². The van der Waals surface area contributed by atoms with Crippen LogP contribution in [0.2, 0.25) is 0 Å². The Morgan fingerprint density at radius 2 is 1.78 bits per heavy atom. The molecule has 0 saturated heterocycles. The number of amides is 1. The molecule has 1 rings (SSSR count). The number of nitrogens with one attached hydrogen (secondary N) is 1. The van der Waals surface area contributed by atoms with Gasteiger partial charge < -0.3 is 10.3 Å². The van der Waals surface area contributed by atoms with E-state index in [1.807, 2.05) is 27.7 Å². The summed E-state index contributed by atoms with van der Waals surface area (Å²) in [7, 11) is 0. The summed E-state index contributed by atoms with van der Waals surface area (Å²) >= 11 is 0. The molecule has 1 aromatic rings. The second kappa shape index (κ2) is 12.7. The van der Waals surface area contributed by atoms with Crippen LogP contribution >= 0.6 is 0 Å². The molecule has 0 unspecified atom stereocenters. The molecule has 0 spiro atoms. The third kappa shape index (κ3) is 7.09. The number of aromatic nitrogens is 1. The molecule has 0 fully saturated rings. The van der Waals surface area contributed by atoms with E-state index in [-0.39, 0.29) is 104 Å². The molecule has 3 nitrogen and oxygen atoms in total. The maximum atomic E-state index is 11.7. The fraction of sp³-hybridized carbons (Fsp3) is 0.500. The van der Waals surface area contributed by atoms with Gasteiger partial charge in [-0.25, -0.2) is 0 Å². The number of hydrogen-bond donors (Lipinski definition) is 1. The molecule has 1 aromatic heterocycles. The van der Waals surface area contributed by atoms with Crippen LogP contribution in [0.15, 0.2) is 0 Å². The van der Waals surface area contributed by atoms with Gasteiger partial charge in [-0.3, -0.25) is 4.79 Å². The summed E-state index contributed by atoms with van der Waals surface area (Å²) in [6, 6.07) is 3.21. The van der Waals surface area contributed by atoms with Crippen molar-refractivity contribution in [2.24, 2.45) is 0 Å². The van der Waals surface area contributed by atoms with Crippen molar-refractivity contribution in [2.45, 2.75) is 34.1 Å². The minimum Gasteiger partial charge on any atom is -0.374 e. The Bertz CT molecular complexity index is 384.